The fraction of sp³-hybridized carbons (Fsp3) is 0.188. The Morgan fingerprint density at radius 2 is 2.00 bits per heavy atom. The summed E-state index contributed by atoms with van der Waals surface area (Å²) < 4.78 is 26.3. The van der Waals surface area contributed by atoms with Crippen LogP contribution in [0, 0.1) is 11.6 Å². The summed E-state index contributed by atoms with van der Waals surface area (Å²) in [4.78, 5) is 11.9. The molecule has 2 aromatic rings. The highest BCUT2D eigenvalue weighted by atomic mass is 19.1. The number of nitrogens with one attached hydrogen (secondary N) is 1. The van der Waals surface area contributed by atoms with Crippen LogP contribution >= 0.6 is 0 Å². The number of hydrogen-bond donors (Lipinski definition) is 2. The topological polar surface area (TPSA) is 55.1 Å². The van der Waals surface area contributed by atoms with Crippen LogP contribution in [0.3, 0.4) is 0 Å². The summed E-state index contributed by atoms with van der Waals surface area (Å²) in [5, 5.41) is 2.67. The van der Waals surface area contributed by atoms with Gasteiger partial charge in [-0.3, -0.25) is 4.79 Å². The smallest absolute Gasteiger partial charge is 0.228 e. The highest BCUT2D eigenvalue weighted by Gasteiger charge is 2.10. The zero-order valence-corrected chi connectivity index (χ0v) is 11.6. The largest absolute Gasteiger partial charge is 0.326 e. The molecule has 1 unspecified atom stereocenters. The van der Waals surface area contributed by atoms with Crippen LogP contribution in [0.4, 0.5) is 14.5 Å². The molecule has 0 aliphatic carbocycles. The maximum atomic E-state index is 13.5. The van der Waals surface area contributed by atoms with E-state index in [1.165, 1.54) is 6.07 Å². The quantitative estimate of drug-likeness (QED) is 0.908. The molecule has 0 aliphatic rings. The molecule has 2 aromatic carbocycles. The van der Waals surface area contributed by atoms with Crippen molar-refractivity contribution in [3.05, 3.63) is 65.2 Å². The average Bonchev–Trinajstić information content (AvgIpc) is 2.42. The SMILES string of the molecule is CC(N)c1cccc(NC(=O)Cc2ccc(F)cc2F)c1. The summed E-state index contributed by atoms with van der Waals surface area (Å²) in [5.41, 5.74) is 7.41. The van der Waals surface area contributed by atoms with Crippen molar-refractivity contribution in [3.63, 3.8) is 0 Å². The third-order valence-electron chi connectivity index (χ3n) is 3.06. The van der Waals surface area contributed by atoms with Gasteiger partial charge in [-0.15, -0.1) is 0 Å². The monoisotopic (exact) mass is 290 g/mol. The molecule has 0 bridgehead atoms. The van der Waals surface area contributed by atoms with Gasteiger partial charge >= 0.3 is 0 Å². The lowest BCUT2D eigenvalue weighted by atomic mass is 10.1. The zero-order valence-electron chi connectivity index (χ0n) is 11.6. The Balaban J connectivity index is 2.06. The molecule has 0 fully saturated rings. The van der Waals surface area contributed by atoms with Crippen molar-refractivity contribution in [2.24, 2.45) is 5.73 Å². The summed E-state index contributed by atoms with van der Waals surface area (Å²) in [7, 11) is 0. The highest BCUT2D eigenvalue weighted by molar-refractivity contribution is 5.92. The Kier molecular flexibility index (Phi) is 4.65. The first kappa shape index (κ1) is 15.1. The van der Waals surface area contributed by atoms with E-state index in [1.807, 2.05) is 13.0 Å². The van der Waals surface area contributed by atoms with Gasteiger partial charge in [-0.1, -0.05) is 18.2 Å². The second kappa shape index (κ2) is 6.45. The molecule has 0 saturated heterocycles. The molecule has 0 aromatic heterocycles. The van der Waals surface area contributed by atoms with Gasteiger partial charge in [-0.05, 0) is 36.2 Å². The standard InChI is InChI=1S/C16H16F2N2O/c1-10(19)11-3-2-4-14(7-11)20-16(21)8-12-5-6-13(17)9-15(12)18/h2-7,9-10H,8,19H2,1H3,(H,20,21). The van der Waals surface area contributed by atoms with Gasteiger partial charge in [0.25, 0.3) is 0 Å². The molecular formula is C16H16F2N2O. The predicted octanol–water partition coefficient (Wildman–Crippen LogP) is 3.17. The van der Waals surface area contributed by atoms with Gasteiger partial charge in [-0.2, -0.15) is 0 Å². The van der Waals surface area contributed by atoms with Crippen LogP contribution in [0.5, 0.6) is 0 Å². The summed E-state index contributed by atoms with van der Waals surface area (Å²) in [6.07, 6.45) is -0.158. The molecule has 3 nitrogen and oxygen atoms in total. The molecule has 0 aliphatic heterocycles. The number of rotatable bonds is 4. The van der Waals surface area contributed by atoms with Gasteiger partial charge in [0.1, 0.15) is 11.6 Å². The van der Waals surface area contributed by atoms with Crippen molar-refractivity contribution in [2.45, 2.75) is 19.4 Å². The van der Waals surface area contributed by atoms with Gasteiger partial charge in [0.2, 0.25) is 5.91 Å². The van der Waals surface area contributed by atoms with E-state index in [4.69, 9.17) is 5.73 Å². The number of benzene rings is 2. The Morgan fingerprint density at radius 1 is 1.24 bits per heavy atom. The van der Waals surface area contributed by atoms with Crippen molar-refractivity contribution in [3.8, 4) is 0 Å². The summed E-state index contributed by atoms with van der Waals surface area (Å²) >= 11 is 0. The van der Waals surface area contributed by atoms with Crippen LogP contribution in [0.25, 0.3) is 0 Å². The van der Waals surface area contributed by atoms with E-state index in [2.05, 4.69) is 5.32 Å². The van der Waals surface area contributed by atoms with Crippen LogP contribution in [-0.2, 0) is 11.2 Å². The Bertz CT molecular complexity index is 656. The molecule has 110 valence electrons. The molecule has 1 amide bonds. The molecular weight excluding hydrogens is 274 g/mol. The van der Waals surface area contributed by atoms with E-state index in [1.54, 1.807) is 18.2 Å². The van der Waals surface area contributed by atoms with Crippen LogP contribution < -0.4 is 11.1 Å². The summed E-state index contributed by atoms with van der Waals surface area (Å²) in [6.45, 7) is 1.84. The van der Waals surface area contributed by atoms with Crippen molar-refractivity contribution in [1.82, 2.24) is 0 Å². The number of nitrogens with two attached hydrogens (primary N) is 1. The van der Waals surface area contributed by atoms with Crippen LogP contribution in [0.2, 0.25) is 0 Å². The maximum Gasteiger partial charge on any atom is 0.228 e. The van der Waals surface area contributed by atoms with E-state index >= 15 is 0 Å². The lowest BCUT2D eigenvalue weighted by Gasteiger charge is -2.10. The zero-order chi connectivity index (χ0) is 15.4. The van der Waals surface area contributed by atoms with Crippen molar-refractivity contribution in [2.75, 3.05) is 5.32 Å². The number of halogens is 2. The van der Waals surface area contributed by atoms with E-state index in [0.717, 1.165) is 17.7 Å². The lowest BCUT2D eigenvalue weighted by Crippen LogP contribution is -2.16. The molecule has 2 rings (SSSR count). The van der Waals surface area contributed by atoms with E-state index in [9.17, 15) is 13.6 Å². The maximum absolute atomic E-state index is 13.5. The second-order valence-electron chi connectivity index (χ2n) is 4.87. The highest BCUT2D eigenvalue weighted by Crippen LogP contribution is 2.16. The number of hydrogen-bond acceptors (Lipinski definition) is 2. The molecule has 0 heterocycles. The Labute approximate surface area is 121 Å². The average molecular weight is 290 g/mol. The van der Waals surface area contributed by atoms with Gasteiger partial charge in [-0.25, -0.2) is 8.78 Å². The molecule has 5 heteroatoms. The first-order valence-electron chi connectivity index (χ1n) is 6.55. The minimum atomic E-state index is -0.727. The Hall–Kier alpha value is -2.27. The molecule has 0 saturated carbocycles. The van der Waals surface area contributed by atoms with E-state index < -0.39 is 11.6 Å². The summed E-state index contributed by atoms with van der Waals surface area (Å²) in [6, 6.07) is 10.2. The van der Waals surface area contributed by atoms with Gasteiger partial charge in [0, 0.05) is 17.8 Å². The lowest BCUT2D eigenvalue weighted by molar-refractivity contribution is -0.115. The Morgan fingerprint density at radius 3 is 2.67 bits per heavy atom. The van der Waals surface area contributed by atoms with Crippen LogP contribution in [0.15, 0.2) is 42.5 Å². The molecule has 1 atom stereocenters. The third kappa shape index (κ3) is 4.10. The third-order valence-corrected chi connectivity index (χ3v) is 3.06. The second-order valence-corrected chi connectivity index (χ2v) is 4.87. The van der Waals surface area contributed by atoms with Crippen LogP contribution in [-0.4, -0.2) is 5.91 Å². The van der Waals surface area contributed by atoms with Crippen molar-refractivity contribution >= 4 is 11.6 Å². The van der Waals surface area contributed by atoms with E-state index in [0.29, 0.717) is 5.69 Å². The minimum Gasteiger partial charge on any atom is -0.326 e. The van der Waals surface area contributed by atoms with Gasteiger partial charge < -0.3 is 11.1 Å². The van der Waals surface area contributed by atoms with Gasteiger partial charge in [0.05, 0.1) is 6.42 Å². The summed E-state index contributed by atoms with van der Waals surface area (Å²) in [5.74, 6) is -1.77. The molecule has 3 N–H and O–H groups in total. The predicted molar refractivity (Wildman–Crippen MR) is 77.7 cm³/mol. The number of carbonyl (C=O) groups is 1. The fourth-order valence-electron chi connectivity index (χ4n) is 1.94. The molecule has 0 radical (unpaired) electrons. The molecule has 21 heavy (non-hydrogen) atoms. The normalized spacial score (nSPS) is 12.0. The first-order valence-corrected chi connectivity index (χ1v) is 6.55. The number of carbonyl (C=O) groups excluding carboxylic acids is 1. The minimum absolute atomic E-state index is 0.142. The van der Waals surface area contributed by atoms with E-state index in [-0.39, 0.29) is 23.9 Å². The molecule has 0 spiro atoms. The first-order chi connectivity index (χ1) is 9.95. The van der Waals surface area contributed by atoms with Crippen LogP contribution in [0.1, 0.15) is 24.1 Å². The van der Waals surface area contributed by atoms with Gasteiger partial charge in [0.15, 0.2) is 0 Å². The number of anilines is 1. The fourth-order valence-corrected chi connectivity index (χ4v) is 1.94. The number of amides is 1. The van der Waals surface area contributed by atoms with Crippen molar-refractivity contribution in [1.29, 1.82) is 0 Å². The van der Waals surface area contributed by atoms with Crippen molar-refractivity contribution < 1.29 is 13.6 Å².